The lowest BCUT2D eigenvalue weighted by atomic mass is 9.79. The Hall–Kier alpha value is -1.66. The first-order valence-corrected chi connectivity index (χ1v) is 9.37. The van der Waals surface area contributed by atoms with Gasteiger partial charge in [-0.2, -0.15) is 0 Å². The van der Waals surface area contributed by atoms with Crippen molar-refractivity contribution < 1.29 is 14.0 Å². The number of halogens is 2. The summed E-state index contributed by atoms with van der Waals surface area (Å²) >= 11 is 0. The number of amides is 2. The van der Waals surface area contributed by atoms with Gasteiger partial charge in [-0.05, 0) is 48.9 Å². The third-order valence-electron chi connectivity index (χ3n) is 5.77. The zero-order valence-corrected chi connectivity index (χ0v) is 16.8. The van der Waals surface area contributed by atoms with Crippen molar-refractivity contribution in [3.05, 3.63) is 35.6 Å². The van der Waals surface area contributed by atoms with Crippen LogP contribution in [0.5, 0.6) is 0 Å². The zero-order chi connectivity index (χ0) is 18.9. The number of hydrogen-bond acceptors (Lipinski definition) is 3. The molecule has 7 heteroatoms. The molecule has 0 bridgehead atoms. The molecular formula is C20H29ClFN3O2. The number of likely N-dealkylation sites (tertiary alicyclic amines) is 2. The normalized spacial score (nSPS) is 24.9. The van der Waals surface area contributed by atoms with Gasteiger partial charge in [-0.15, -0.1) is 12.4 Å². The summed E-state index contributed by atoms with van der Waals surface area (Å²) in [6.07, 6.45) is 2.42. The van der Waals surface area contributed by atoms with Crippen molar-refractivity contribution in [3.8, 4) is 0 Å². The average Bonchev–Trinajstić information content (AvgIpc) is 2.63. The van der Waals surface area contributed by atoms with Crippen molar-refractivity contribution in [1.29, 1.82) is 0 Å². The number of hydrogen-bond donors (Lipinski definition) is 1. The number of rotatable bonds is 2. The number of piperidine rings is 2. The maximum Gasteiger partial charge on any atom is 0.253 e. The third kappa shape index (κ3) is 4.79. The van der Waals surface area contributed by atoms with E-state index in [1.54, 1.807) is 4.90 Å². The van der Waals surface area contributed by atoms with Gasteiger partial charge in [0.2, 0.25) is 5.91 Å². The molecule has 0 spiro atoms. The Bertz CT molecular complexity index is 680. The van der Waals surface area contributed by atoms with Gasteiger partial charge >= 0.3 is 0 Å². The highest BCUT2D eigenvalue weighted by Crippen LogP contribution is 2.30. The third-order valence-corrected chi connectivity index (χ3v) is 5.77. The van der Waals surface area contributed by atoms with E-state index in [0.29, 0.717) is 31.7 Å². The number of nitrogens with zero attached hydrogens (tertiary/aromatic N) is 2. The number of benzene rings is 1. The largest absolute Gasteiger partial charge is 0.342 e. The van der Waals surface area contributed by atoms with Crippen LogP contribution in [0.15, 0.2) is 24.3 Å². The molecule has 2 N–H and O–H groups in total. The topological polar surface area (TPSA) is 66.6 Å². The summed E-state index contributed by atoms with van der Waals surface area (Å²) in [7, 11) is 0. The maximum atomic E-state index is 13.1. The molecule has 2 fully saturated rings. The van der Waals surface area contributed by atoms with Crippen LogP contribution in [0.2, 0.25) is 0 Å². The molecule has 150 valence electrons. The fourth-order valence-electron chi connectivity index (χ4n) is 3.96. The average molecular weight is 398 g/mol. The first kappa shape index (κ1) is 21.6. The first-order chi connectivity index (χ1) is 12.3. The summed E-state index contributed by atoms with van der Waals surface area (Å²) in [5.74, 6) is -0.539. The van der Waals surface area contributed by atoms with Crippen molar-refractivity contribution in [1.82, 2.24) is 9.80 Å². The van der Waals surface area contributed by atoms with Gasteiger partial charge in [0.1, 0.15) is 5.82 Å². The van der Waals surface area contributed by atoms with Gasteiger partial charge in [0.05, 0.1) is 5.92 Å². The van der Waals surface area contributed by atoms with Gasteiger partial charge in [0, 0.05) is 37.8 Å². The molecule has 5 nitrogen and oxygen atoms in total. The van der Waals surface area contributed by atoms with Gasteiger partial charge in [-0.3, -0.25) is 9.59 Å². The van der Waals surface area contributed by atoms with Crippen LogP contribution in [-0.4, -0.2) is 53.8 Å². The van der Waals surface area contributed by atoms with E-state index in [1.807, 2.05) is 4.90 Å². The van der Waals surface area contributed by atoms with E-state index < -0.39 is 0 Å². The van der Waals surface area contributed by atoms with Crippen LogP contribution in [0.4, 0.5) is 4.39 Å². The van der Waals surface area contributed by atoms with Crippen LogP contribution in [0, 0.1) is 17.2 Å². The Morgan fingerprint density at radius 3 is 2.41 bits per heavy atom. The molecule has 2 heterocycles. The van der Waals surface area contributed by atoms with Crippen molar-refractivity contribution >= 4 is 24.2 Å². The SMILES string of the molecule is CC1(C)CN(C(=O)C2CCCN(C(=O)c3ccc(F)cc3)C2)CCC1N.Cl. The van der Waals surface area contributed by atoms with E-state index in [9.17, 15) is 14.0 Å². The highest BCUT2D eigenvalue weighted by atomic mass is 35.5. The van der Waals surface area contributed by atoms with Gasteiger partial charge in [0.25, 0.3) is 5.91 Å². The highest BCUT2D eigenvalue weighted by Gasteiger charge is 2.38. The molecule has 0 radical (unpaired) electrons. The molecule has 2 amide bonds. The van der Waals surface area contributed by atoms with Crippen molar-refractivity contribution in [2.75, 3.05) is 26.2 Å². The molecule has 27 heavy (non-hydrogen) atoms. The summed E-state index contributed by atoms with van der Waals surface area (Å²) in [6, 6.07) is 5.68. The molecule has 2 atom stereocenters. The Labute approximate surface area is 166 Å². The van der Waals surface area contributed by atoms with Gasteiger partial charge in [-0.25, -0.2) is 4.39 Å². The molecule has 0 saturated carbocycles. The van der Waals surface area contributed by atoms with E-state index >= 15 is 0 Å². The molecule has 0 aromatic heterocycles. The zero-order valence-electron chi connectivity index (χ0n) is 16.0. The summed E-state index contributed by atoms with van der Waals surface area (Å²) < 4.78 is 13.1. The van der Waals surface area contributed by atoms with Gasteiger partial charge < -0.3 is 15.5 Å². The van der Waals surface area contributed by atoms with Crippen molar-refractivity contribution in [3.63, 3.8) is 0 Å². The van der Waals surface area contributed by atoms with E-state index in [0.717, 1.165) is 19.3 Å². The molecular weight excluding hydrogens is 369 g/mol. The minimum Gasteiger partial charge on any atom is -0.342 e. The molecule has 1 aromatic carbocycles. The van der Waals surface area contributed by atoms with Crippen molar-refractivity contribution in [2.24, 2.45) is 17.1 Å². The van der Waals surface area contributed by atoms with Gasteiger partial charge in [-0.1, -0.05) is 13.8 Å². The predicted molar refractivity (Wildman–Crippen MR) is 105 cm³/mol. The minimum atomic E-state index is -0.362. The lowest BCUT2D eigenvalue weighted by Crippen LogP contribution is -2.56. The Morgan fingerprint density at radius 2 is 1.78 bits per heavy atom. The number of carbonyl (C=O) groups is 2. The second-order valence-electron chi connectivity index (χ2n) is 8.24. The molecule has 2 aliphatic rings. The monoisotopic (exact) mass is 397 g/mol. The first-order valence-electron chi connectivity index (χ1n) is 9.37. The Kier molecular flexibility index (Phi) is 6.87. The Morgan fingerprint density at radius 1 is 1.11 bits per heavy atom. The fraction of sp³-hybridized carbons (Fsp3) is 0.600. The van der Waals surface area contributed by atoms with E-state index in [1.165, 1.54) is 24.3 Å². The van der Waals surface area contributed by atoms with Crippen LogP contribution < -0.4 is 5.73 Å². The second-order valence-corrected chi connectivity index (χ2v) is 8.24. The summed E-state index contributed by atoms with van der Waals surface area (Å²) in [4.78, 5) is 29.3. The summed E-state index contributed by atoms with van der Waals surface area (Å²) in [5.41, 5.74) is 6.54. The molecule has 2 aliphatic heterocycles. The lowest BCUT2D eigenvalue weighted by molar-refractivity contribution is -0.140. The van der Waals surface area contributed by atoms with Crippen LogP contribution >= 0.6 is 12.4 Å². The van der Waals surface area contributed by atoms with Crippen LogP contribution in [0.1, 0.15) is 43.5 Å². The fourth-order valence-corrected chi connectivity index (χ4v) is 3.96. The summed E-state index contributed by atoms with van der Waals surface area (Å²) in [6.45, 7) is 6.61. The second kappa shape index (κ2) is 8.57. The Balaban J connectivity index is 0.00000261. The van der Waals surface area contributed by atoms with Crippen LogP contribution in [0.25, 0.3) is 0 Å². The van der Waals surface area contributed by atoms with E-state index in [-0.39, 0.29) is 47.4 Å². The quantitative estimate of drug-likeness (QED) is 0.834. The number of nitrogens with two attached hydrogens (primary N) is 1. The standard InChI is InChI=1S/C20H28FN3O2.ClH/c1-20(2)13-24(11-9-17(20)22)19(26)15-4-3-10-23(12-15)18(25)14-5-7-16(21)8-6-14;/h5-8,15,17H,3-4,9-13,22H2,1-2H3;1H. The number of carbonyl (C=O) groups excluding carboxylic acids is 2. The van der Waals surface area contributed by atoms with Crippen LogP contribution in [0.3, 0.4) is 0 Å². The molecule has 2 unspecified atom stereocenters. The maximum absolute atomic E-state index is 13.1. The smallest absolute Gasteiger partial charge is 0.253 e. The van der Waals surface area contributed by atoms with E-state index in [4.69, 9.17) is 5.73 Å². The van der Waals surface area contributed by atoms with Crippen LogP contribution in [-0.2, 0) is 4.79 Å². The summed E-state index contributed by atoms with van der Waals surface area (Å²) in [5, 5.41) is 0. The molecule has 2 saturated heterocycles. The highest BCUT2D eigenvalue weighted by molar-refractivity contribution is 5.94. The lowest BCUT2D eigenvalue weighted by Gasteiger charge is -2.44. The molecule has 3 rings (SSSR count). The van der Waals surface area contributed by atoms with Gasteiger partial charge in [0.15, 0.2) is 0 Å². The minimum absolute atomic E-state index is 0. The molecule has 1 aromatic rings. The molecule has 0 aliphatic carbocycles. The predicted octanol–water partition coefficient (Wildman–Crippen LogP) is 2.69. The van der Waals surface area contributed by atoms with E-state index in [2.05, 4.69) is 13.8 Å². The van der Waals surface area contributed by atoms with Crippen molar-refractivity contribution in [2.45, 2.75) is 39.2 Å².